The number of hydrogen-bond donors (Lipinski definition) is 1. The van der Waals surface area contributed by atoms with E-state index < -0.39 is 23.7 Å². The van der Waals surface area contributed by atoms with Gasteiger partial charge in [-0.3, -0.25) is 0 Å². The number of aliphatic hydroxyl groups excluding tert-OH is 1. The highest BCUT2D eigenvalue weighted by molar-refractivity contribution is 5.60. The molecule has 0 aliphatic carbocycles. The van der Waals surface area contributed by atoms with Crippen LogP contribution in [0, 0.1) is 5.82 Å². The molecule has 0 saturated carbocycles. The van der Waals surface area contributed by atoms with Crippen molar-refractivity contribution < 1.29 is 27.1 Å². The van der Waals surface area contributed by atoms with Crippen LogP contribution in [-0.2, 0) is 6.18 Å². The highest BCUT2D eigenvalue weighted by atomic mass is 19.4. The van der Waals surface area contributed by atoms with Gasteiger partial charge in [0.1, 0.15) is 23.4 Å². The Kier molecular flexibility index (Phi) is 3.85. The molecule has 0 radical (unpaired) electrons. The molecule has 2 aromatic rings. The standard InChI is InChI=1S/C14H12F4O2/c1-2-11(19)13-6-5-12(20-13)9-7-8(14(16,17)18)3-4-10(9)15/h3-7,11,19H,2H2,1H3. The van der Waals surface area contributed by atoms with Crippen LogP contribution in [-0.4, -0.2) is 5.11 Å². The third-order valence-corrected chi connectivity index (χ3v) is 2.90. The van der Waals surface area contributed by atoms with E-state index in [9.17, 15) is 22.7 Å². The van der Waals surface area contributed by atoms with Crippen LogP contribution in [0.25, 0.3) is 11.3 Å². The van der Waals surface area contributed by atoms with Crippen molar-refractivity contribution in [2.24, 2.45) is 0 Å². The number of aliphatic hydroxyl groups is 1. The molecule has 1 N–H and O–H groups in total. The van der Waals surface area contributed by atoms with Crippen molar-refractivity contribution in [3.63, 3.8) is 0 Å². The molecule has 0 saturated heterocycles. The van der Waals surface area contributed by atoms with E-state index in [1.807, 2.05) is 0 Å². The van der Waals surface area contributed by atoms with Gasteiger partial charge in [0.25, 0.3) is 0 Å². The Labute approximate surface area is 112 Å². The Morgan fingerprint density at radius 3 is 2.50 bits per heavy atom. The first-order valence-electron chi connectivity index (χ1n) is 5.98. The number of furan rings is 1. The van der Waals surface area contributed by atoms with Gasteiger partial charge in [-0.2, -0.15) is 13.2 Å². The molecule has 0 spiro atoms. The zero-order valence-electron chi connectivity index (χ0n) is 10.5. The molecule has 2 nitrogen and oxygen atoms in total. The van der Waals surface area contributed by atoms with E-state index in [4.69, 9.17) is 4.42 Å². The van der Waals surface area contributed by atoms with Gasteiger partial charge in [-0.25, -0.2) is 4.39 Å². The number of alkyl halides is 3. The largest absolute Gasteiger partial charge is 0.458 e. The summed E-state index contributed by atoms with van der Waals surface area (Å²) in [7, 11) is 0. The normalized spacial score (nSPS) is 13.5. The smallest absolute Gasteiger partial charge is 0.416 e. The van der Waals surface area contributed by atoms with Crippen molar-refractivity contribution in [1.29, 1.82) is 0 Å². The fraction of sp³-hybridized carbons (Fsp3) is 0.286. The molecule has 2 rings (SSSR count). The minimum Gasteiger partial charge on any atom is -0.458 e. The first-order valence-corrected chi connectivity index (χ1v) is 5.98. The Hall–Kier alpha value is -1.82. The number of rotatable bonds is 3. The van der Waals surface area contributed by atoms with E-state index in [1.54, 1.807) is 6.92 Å². The van der Waals surface area contributed by atoms with Gasteiger partial charge in [0, 0.05) is 0 Å². The molecule has 20 heavy (non-hydrogen) atoms. The van der Waals surface area contributed by atoms with Crippen LogP contribution in [0.1, 0.15) is 30.8 Å². The van der Waals surface area contributed by atoms with Crippen LogP contribution in [0.2, 0.25) is 0 Å². The van der Waals surface area contributed by atoms with Gasteiger partial charge in [0.05, 0.1) is 11.1 Å². The van der Waals surface area contributed by atoms with Crippen LogP contribution in [0.3, 0.4) is 0 Å². The van der Waals surface area contributed by atoms with Gasteiger partial charge < -0.3 is 9.52 Å². The molecule has 0 amide bonds. The fourth-order valence-electron chi connectivity index (χ4n) is 1.77. The molecule has 0 aliphatic heterocycles. The Balaban J connectivity index is 2.44. The van der Waals surface area contributed by atoms with E-state index in [0.29, 0.717) is 18.6 Å². The van der Waals surface area contributed by atoms with E-state index in [1.165, 1.54) is 12.1 Å². The summed E-state index contributed by atoms with van der Waals surface area (Å²) in [5.41, 5.74) is -1.24. The van der Waals surface area contributed by atoms with E-state index >= 15 is 0 Å². The molecular weight excluding hydrogens is 276 g/mol. The molecule has 1 unspecified atom stereocenters. The van der Waals surface area contributed by atoms with Crippen molar-refractivity contribution in [2.75, 3.05) is 0 Å². The monoisotopic (exact) mass is 288 g/mol. The zero-order chi connectivity index (χ0) is 14.9. The summed E-state index contributed by atoms with van der Waals surface area (Å²) < 4.78 is 56.7. The molecule has 108 valence electrons. The van der Waals surface area contributed by atoms with Crippen LogP contribution in [0.15, 0.2) is 34.7 Å². The zero-order valence-corrected chi connectivity index (χ0v) is 10.5. The van der Waals surface area contributed by atoms with Gasteiger partial charge >= 0.3 is 6.18 Å². The molecule has 1 atom stereocenters. The van der Waals surface area contributed by atoms with Crippen molar-refractivity contribution >= 4 is 0 Å². The second kappa shape index (κ2) is 5.28. The minimum atomic E-state index is -4.55. The number of benzene rings is 1. The van der Waals surface area contributed by atoms with Gasteiger partial charge in [-0.05, 0) is 36.8 Å². The topological polar surface area (TPSA) is 33.4 Å². The molecular formula is C14H12F4O2. The molecule has 6 heteroatoms. The Bertz CT molecular complexity index is 601. The second-order valence-electron chi connectivity index (χ2n) is 4.32. The third-order valence-electron chi connectivity index (χ3n) is 2.90. The lowest BCUT2D eigenvalue weighted by Crippen LogP contribution is -2.05. The first-order chi connectivity index (χ1) is 9.32. The predicted octanol–water partition coefficient (Wildman–Crippen LogP) is 4.55. The summed E-state index contributed by atoms with van der Waals surface area (Å²) in [6.45, 7) is 1.72. The van der Waals surface area contributed by atoms with Crippen molar-refractivity contribution in [2.45, 2.75) is 25.6 Å². The maximum atomic E-state index is 13.6. The van der Waals surface area contributed by atoms with Crippen molar-refractivity contribution in [3.05, 3.63) is 47.5 Å². The van der Waals surface area contributed by atoms with Crippen molar-refractivity contribution in [3.8, 4) is 11.3 Å². The summed E-state index contributed by atoms with van der Waals surface area (Å²) in [4.78, 5) is 0. The second-order valence-corrected chi connectivity index (χ2v) is 4.32. The lowest BCUT2D eigenvalue weighted by atomic mass is 10.1. The molecule has 0 fully saturated rings. The Morgan fingerprint density at radius 1 is 1.20 bits per heavy atom. The highest BCUT2D eigenvalue weighted by Gasteiger charge is 2.31. The van der Waals surface area contributed by atoms with Crippen LogP contribution in [0.5, 0.6) is 0 Å². The van der Waals surface area contributed by atoms with E-state index in [-0.39, 0.29) is 17.1 Å². The summed E-state index contributed by atoms with van der Waals surface area (Å²) in [6.07, 6.45) is -5.03. The SMILES string of the molecule is CCC(O)c1ccc(-c2cc(C(F)(F)F)ccc2F)o1. The molecule has 1 heterocycles. The molecule has 1 aromatic heterocycles. The molecule has 1 aromatic carbocycles. The highest BCUT2D eigenvalue weighted by Crippen LogP contribution is 2.34. The quantitative estimate of drug-likeness (QED) is 0.841. The third kappa shape index (κ3) is 2.85. The van der Waals surface area contributed by atoms with E-state index in [0.717, 1.165) is 6.07 Å². The summed E-state index contributed by atoms with van der Waals surface area (Å²) in [5.74, 6) is -0.666. The lowest BCUT2D eigenvalue weighted by molar-refractivity contribution is -0.137. The van der Waals surface area contributed by atoms with Crippen LogP contribution < -0.4 is 0 Å². The first kappa shape index (κ1) is 14.6. The van der Waals surface area contributed by atoms with Gasteiger partial charge in [0.2, 0.25) is 0 Å². The van der Waals surface area contributed by atoms with Crippen molar-refractivity contribution in [1.82, 2.24) is 0 Å². The molecule has 0 bridgehead atoms. The maximum absolute atomic E-state index is 13.6. The van der Waals surface area contributed by atoms with E-state index in [2.05, 4.69) is 0 Å². The van der Waals surface area contributed by atoms with Gasteiger partial charge in [-0.15, -0.1) is 0 Å². The fourth-order valence-corrected chi connectivity index (χ4v) is 1.77. The summed E-state index contributed by atoms with van der Waals surface area (Å²) in [5, 5.41) is 9.58. The lowest BCUT2D eigenvalue weighted by Gasteiger charge is -2.08. The minimum absolute atomic E-state index is 0.0453. The maximum Gasteiger partial charge on any atom is 0.416 e. The molecule has 0 aliphatic rings. The number of halogens is 4. The van der Waals surface area contributed by atoms with Crippen LogP contribution >= 0.6 is 0 Å². The summed E-state index contributed by atoms with van der Waals surface area (Å²) in [6, 6.07) is 4.87. The average Bonchev–Trinajstić information content (AvgIpc) is 2.86. The van der Waals surface area contributed by atoms with Gasteiger partial charge in [0.15, 0.2) is 0 Å². The van der Waals surface area contributed by atoms with Crippen LogP contribution in [0.4, 0.5) is 17.6 Å². The predicted molar refractivity (Wildman–Crippen MR) is 64.4 cm³/mol. The summed E-state index contributed by atoms with van der Waals surface area (Å²) >= 11 is 0. The average molecular weight is 288 g/mol. The van der Waals surface area contributed by atoms with Gasteiger partial charge in [-0.1, -0.05) is 6.92 Å². The Morgan fingerprint density at radius 2 is 1.90 bits per heavy atom. The number of hydrogen-bond acceptors (Lipinski definition) is 2.